The Labute approximate surface area is 143 Å². The van der Waals surface area contributed by atoms with Gasteiger partial charge in [-0.1, -0.05) is 17.2 Å². The van der Waals surface area contributed by atoms with Crippen LogP contribution in [0.1, 0.15) is 52.8 Å². The molecule has 2 heterocycles. The number of unbranched alkanes of at least 4 members (excludes halogenated alkanes) is 1. The third kappa shape index (κ3) is 3.28. The summed E-state index contributed by atoms with van der Waals surface area (Å²) in [7, 11) is 0. The molecule has 3 rings (SSSR count). The Morgan fingerprint density at radius 2 is 1.48 bits per heavy atom. The molecule has 0 radical (unpaired) electrons. The smallest absolute Gasteiger partial charge is 0.330 e. The lowest BCUT2D eigenvalue weighted by Crippen LogP contribution is -2.33. The van der Waals surface area contributed by atoms with Crippen LogP contribution in [0, 0.1) is 0 Å². The van der Waals surface area contributed by atoms with Crippen LogP contribution < -0.4 is 0 Å². The quantitative estimate of drug-likeness (QED) is 0.565. The molecule has 8 nitrogen and oxygen atoms in total. The van der Waals surface area contributed by atoms with Gasteiger partial charge in [-0.2, -0.15) is 0 Å². The van der Waals surface area contributed by atoms with E-state index in [0.29, 0.717) is 17.9 Å². The second-order valence-corrected chi connectivity index (χ2v) is 5.81. The van der Waals surface area contributed by atoms with E-state index in [1.165, 1.54) is 17.0 Å². The number of hydroxylamine groups is 2. The number of carbonyl (C=O) groups excluding carboxylic acids is 5. The molecular weight excluding hydrogens is 328 g/mol. The zero-order valence-corrected chi connectivity index (χ0v) is 13.4. The summed E-state index contributed by atoms with van der Waals surface area (Å²) in [4.78, 5) is 65.0. The molecule has 2 aliphatic rings. The Balaban J connectivity index is 1.46. The number of imide groups is 2. The Morgan fingerprint density at radius 1 is 0.920 bits per heavy atom. The van der Waals surface area contributed by atoms with Crippen LogP contribution in [0.4, 0.5) is 0 Å². The Bertz CT molecular complexity index is 721. The second kappa shape index (κ2) is 6.84. The molecule has 0 aromatic heterocycles. The molecule has 1 aromatic rings. The van der Waals surface area contributed by atoms with E-state index in [9.17, 15) is 24.0 Å². The molecule has 0 aliphatic carbocycles. The Kier molecular flexibility index (Phi) is 4.60. The van der Waals surface area contributed by atoms with Crippen LogP contribution in [0.25, 0.3) is 0 Å². The van der Waals surface area contributed by atoms with Crippen LogP contribution in [0.2, 0.25) is 0 Å². The predicted molar refractivity (Wildman–Crippen MR) is 82.8 cm³/mol. The number of hydrogen-bond donors (Lipinski definition) is 0. The van der Waals surface area contributed by atoms with E-state index in [2.05, 4.69) is 0 Å². The fourth-order valence-corrected chi connectivity index (χ4v) is 2.81. The Hall–Kier alpha value is -3.03. The van der Waals surface area contributed by atoms with Gasteiger partial charge in [-0.25, -0.2) is 4.79 Å². The lowest BCUT2D eigenvalue weighted by Gasteiger charge is -2.14. The van der Waals surface area contributed by atoms with E-state index < -0.39 is 17.8 Å². The van der Waals surface area contributed by atoms with Crippen molar-refractivity contribution in [3.63, 3.8) is 0 Å². The molecule has 0 spiro atoms. The fraction of sp³-hybridized carbons (Fsp3) is 0.353. The highest BCUT2D eigenvalue weighted by atomic mass is 16.7. The molecule has 8 heteroatoms. The minimum Gasteiger partial charge on any atom is -0.330 e. The molecule has 1 saturated heterocycles. The molecule has 0 atom stereocenters. The largest absolute Gasteiger partial charge is 0.333 e. The number of rotatable bonds is 6. The monoisotopic (exact) mass is 344 g/mol. The first-order valence-electron chi connectivity index (χ1n) is 8.01. The van der Waals surface area contributed by atoms with Crippen molar-refractivity contribution in [1.29, 1.82) is 0 Å². The van der Waals surface area contributed by atoms with E-state index in [1.54, 1.807) is 12.1 Å². The minimum absolute atomic E-state index is 0.0242. The number of fused-ring (bicyclic) bond motifs is 1. The molecule has 1 fully saturated rings. The standard InChI is InChI=1S/C17H16N2O6/c20-13-8-9-14(21)18(13)10-4-3-7-15(22)25-19-16(23)11-5-1-2-6-12(11)17(19)24/h1-2,5-6H,3-4,7-10H2. The third-order valence-electron chi connectivity index (χ3n) is 4.12. The summed E-state index contributed by atoms with van der Waals surface area (Å²) in [5.41, 5.74) is 0.401. The summed E-state index contributed by atoms with van der Waals surface area (Å²) in [5, 5.41) is 0.473. The van der Waals surface area contributed by atoms with E-state index in [0.717, 1.165) is 0 Å². The summed E-state index contributed by atoms with van der Waals surface area (Å²) in [5.74, 6) is -2.43. The maximum Gasteiger partial charge on any atom is 0.333 e. The van der Waals surface area contributed by atoms with Crippen molar-refractivity contribution in [2.75, 3.05) is 6.54 Å². The summed E-state index contributed by atoms with van der Waals surface area (Å²) in [6.45, 7) is 0.262. The van der Waals surface area contributed by atoms with Gasteiger partial charge in [-0.05, 0) is 25.0 Å². The SMILES string of the molecule is O=C(CCCCN1C(=O)CCC1=O)ON1C(=O)c2ccccc2C1=O. The highest BCUT2D eigenvalue weighted by molar-refractivity contribution is 6.20. The van der Waals surface area contributed by atoms with Crippen LogP contribution in [-0.2, 0) is 19.2 Å². The van der Waals surface area contributed by atoms with Crippen LogP contribution >= 0.6 is 0 Å². The number of carbonyl (C=O) groups is 5. The van der Waals surface area contributed by atoms with Gasteiger partial charge < -0.3 is 4.84 Å². The van der Waals surface area contributed by atoms with Gasteiger partial charge in [-0.3, -0.25) is 24.1 Å². The number of benzene rings is 1. The molecular formula is C17H16N2O6. The predicted octanol–water partition coefficient (Wildman–Crippen LogP) is 1.06. The van der Waals surface area contributed by atoms with Gasteiger partial charge in [0.1, 0.15) is 0 Å². The van der Waals surface area contributed by atoms with Crippen LogP contribution in [0.5, 0.6) is 0 Å². The average molecular weight is 344 g/mol. The van der Waals surface area contributed by atoms with Gasteiger partial charge in [-0.15, -0.1) is 0 Å². The zero-order chi connectivity index (χ0) is 18.0. The highest BCUT2D eigenvalue weighted by Crippen LogP contribution is 2.23. The van der Waals surface area contributed by atoms with Crippen molar-refractivity contribution in [2.45, 2.75) is 32.1 Å². The average Bonchev–Trinajstić information content (AvgIpc) is 3.04. The maximum absolute atomic E-state index is 12.1. The first-order chi connectivity index (χ1) is 12.0. The van der Waals surface area contributed by atoms with Crippen molar-refractivity contribution in [3.8, 4) is 0 Å². The number of hydrogen-bond acceptors (Lipinski definition) is 6. The molecule has 0 unspecified atom stereocenters. The minimum atomic E-state index is -0.714. The number of likely N-dealkylation sites (tertiary alicyclic amines) is 1. The molecule has 0 N–H and O–H groups in total. The maximum atomic E-state index is 12.1. The van der Waals surface area contributed by atoms with Crippen molar-refractivity contribution < 1.29 is 28.8 Å². The normalized spacial score (nSPS) is 16.6. The van der Waals surface area contributed by atoms with Gasteiger partial charge in [0.25, 0.3) is 11.8 Å². The number of nitrogens with zero attached hydrogens (tertiary/aromatic N) is 2. The topological polar surface area (TPSA) is 101 Å². The third-order valence-corrected chi connectivity index (χ3v) is 4.12. The van der Waals surface area contributed by atoms with E-state index in [1.807, 2.05) is 0 Å². The molecule has 0 bridgehead atoms. The van der Waals surface area contributed by atoms with E-state index in [-0.39, 0.29) is 48.7 Å². The summed E-state index contributed by atoms with van der Waals surface area (Å²) >= 11 is 0. The first kappa shape index (κ1) is 16.8. The highest BCUT2D eigenvalue weighted by Gasteiger charge is 2.38. The van der Waals surface area contributed by atoms with Crippen molar-refractivity contribution in [2.24, 2.45) is 0 Å². The molecule has 130 valence electrons. The van der Waals surface area contributed by atoms with Gasteiger partial charge >= 0.3 is 5.97 Å². The lowest BCUT2D eigenvalue weighted by molar-refractivity contribution is -0.168. The van der Waals surface area contributed by atoms with Crippen LogP contribution in [0.3, 0.4) is 0 Å². The summed E-state index contributed by atoms with van der Waals surface area (Å²) in [6, 6.07) is 6.23. The van der Waals surface area contributed by atoms with Gasteiger partial charge in [0.15, 0.2) is 0 Å². The second-order valence-electron chi connectivity index (χ2n) is 5.81. The van der Waals surface area contributed by atoms with Gasteiger partial charge in [0.05, 0.1) is 11.1 Å². The van der Waals surface area contributed by atoms with Gasteiger partial charge in [0.2, 0.25) is 11.8 Å². The van der Waals surface area contributed by atoms with E-state index in [4.69, 9.17) is 4.84 Å². The summed E-state index contributed by atoms with van der Waals surface area (Å²) in [6.07, 6.45) is 1.28. The van der Waals surface area contributed by atoms with E-state index >= 15 is 0 Å². The fourth-order valence-electron chi connectivity index (χ4n) is 2.81. The molecule has 25 heavy (non-hydrogen) atoms. The van der Waals surface area contributed by atoms with Crippen molar-refractivity contribution in [1.82, 2.24) is 9.96 Å². The molecule has 1 aromatic carbocycles. The van der Waals surface area contributed by atoms with Crippen LogP contribution in [0.15, 0.2) is 24.3 Å². The van der Waals surface area contributed by atoms with Crippen molar-refractivity contribution in [3.05, 3.63) is 35.4 Å². The lowest BCUT2D eigenvalue weighted by atomic mass is 10.1. The van der Waals surface area contributed by atoms with Crippen molar-refractivity contribution >= 4 is 29.6 Å². The summed E-state index contributed by atoms with van der Waals surface area (Å²) < 4.78 is 0. The zero-order valence-electron chi connectivity index (χ0n) is 13.4. The molecule has 0 saturated carbocycles. The Morgan fingerprint density at radius 3 is 2.04 bits per heavy atom. The van der Waals surface area contributed by atoms with Gasteiger partial charge in [0, 0.05) is 25.8 Å². The molecule has 2 aliphatic heterocycles. The number of amides is 4. The first-order valence-corrected chi connectivity index (χ1v) is 8.01. The van der Waals surface area contributed by atoms with Crippen LogP contribution in [-0.4, -0.2) is 46.1 Å². The molecule has 4 amide bonds.